The van der Waals surface area contributed by atoms with E-state index in [2.05, 4.69) is 5.32 Å². The van der Waals surface area contributed by atoms with Crippen LogP contribution in [0, 0.1) is 0 Å². The fourth-order valence-corrected chi connectivity index (χ4v) is 1.70. The molecule has 1 aliphatic heterocycles. The molecule has 0 aliphatic carbocycles. The van der Waals surface area contributed by atoms with Crippen LogP contribution in [0.2, 0.25) is 0 Å². The SMILES string of the molecule is O=C1CN(C(=O)Cc2ccccc2)CC(=O)N1. The van der Waals surface area contributed by atoms with Gasteiger partial charge in [-0.05, 0) is 5.56 Å². The highest BCUT2D eigenvalue weighted by Crippen LogP contribution is 2.04. The Morgan fingerprint density at radius 3 is 2.29 bits per heavy atom. The monoisotopic (exact) mass is 232 g/mol. The maximum atomic E-state index is 11.9. The van der Waals surface area contributed by atoms with Gasteiger partial charge >= 0.3 is 0 Å². The molecule has 88 valence electrons. The standard InChI is InChI=1S/C12H12N2O3/c15-10-7-14(8-11(16)13-10)12(17)6-9-4-2-1-3-5-9/h1-5H,6-8H2,(H,13,15,16). The first kappa shape index (κ1) is 11.3. The van der Waals surface area contributed by atoms with Gasteiger partial charge in [0.1, 0.15) is 13.1 Å². The Hall–Kier alpha value is -2.17. The van der Waals surface area contributed by atoms with Crippen molar-refractivity contribution >= 4 is 17.7 Å². The summed E-state index contributed by atoms with van der Waals surface area (Å²) >= 11 is 0. The van der Waals surface area contributed by atoms with Crippen molar-refractivity contribution in [2.75, 3.05) is 13.1 Å². The first-order valence-corrected chi connectivity index (χ1v) is 5.29. The zero-order valence-corrected chi connectivity index (χ0v) is 9.18. The molecule has 2 rings (SSSR count). The number of imide groups is 1. The summed E-state index contributed by atoms with van der Waals surface area (Å²) in [6.45, 7) is -0.0885. The summed E-state index contributed by atoms with van der Waals surface area (Å²) in [5.41, 5.74) is 0.871. The Balaban J connectivity index is 2.00. The van der Waals surface area contributed by atoms with Gasteiger partial charge in [-0.2, -0.15) is 0 Å². The van der Waals surface area contributed by atoms with Gasteiger partial charge in [0.25, 0.3) is 0 Å². The van der Waals surface area contributed by atoms with Crippen LogP contribution in [-0.4, -0.2) is 35.7 Å². The third-order valence-corrected chi connectivity index (χ3v) is 2.50. The molecule has 0 saturated carbocycles. The zero-order chi connectivity index (χ0) is 12.3. The number of benzene rings is 1. The maximum Gasteiger partial charge on any atom is 0.246 e. The summed E-state index contributed by atoms with van der Waals surface area (Å²) in [6, 6.07) is 9.23. The number of hydrogen-bond donors (Lipinski definition) is 1. The van der Waals surface area contributed by atoms with E-state index in [-0.39, 0.29) is 25.4 Å². The molecule has 1 heterocycles. The third-order valence-electron chi connectivity index (χ3n) is 2.50. The molecule has 1 N–H and O–H groups in total. The third kappa shape index (κ3) is 2.90. The molecular formula is C12H12N2O3. The minimum Gasteiger partial charge on any atom is -0.324 e. The summed E-state index contributed by atoms with van der Waals surface area (Å²) in [7, 11) is 0. The molecule has 1 fully saturated rings. The largest absolute Gasteiger partial charge is 0.324 e. The summed E-state index contributed by atoms with van der Waals surface area (Å²) in [5.74, 6) is -1.07. The Morgan fingerprint density at radius 2 is 1.71 bits per heavy atom. The molecule has 0 unspecified atom stereocenters. The van der Waals surface area contributed by atoms with Crippen LogP contribution in [0.3, 0.4) is 0 Å². The summed E-state index contributed by atoms with van der Waals surface area (Å²) in [4.78, 5) is 35.4. The van der Waals surface area contributed by atoms with Gasteiger partial charge in [0, 0.05) is 0 Å². The van der Waals surface area contributed by atoms with Gasteiger partial charge < -0.3 is 4.90 Å². The smallest absolute Gasteiger partial charge is 0.246 e. The number of amides is 3. The van der Waals surface area contributed by atoms with Gasteiger partial charge in [-0.15, -0.1) is 0 Å². The number of nitrogens with zero attached hydrogens (tertiary/aromatic N) is 1. The lowest BCUT2D eigenvalue weighted by molar-refractivity contribution is -0.145. The van der Waals surface area contributed by atoms with Crippen LogP contribution in [0.15, 0.2) is 30.3 Å². The molecule has 0 aromatic heterocycles. The highest BCUT2D eigenvalue weighted by molar-refractivity contribution is 6.02. The van der Waals surface area contributed by atoms with E-state index in [1.165, 1.54) is 4.90 Å². The predicted molar refractivity (Wildman–Crippen MR) is 59.9 cm³/mol. The number of carbonyl (C=O) groups excluding carboxylic acids is 3. The fourth-order valence-electron chi connectivity index (χ4n) is 1.70. The summed E-state index contributed by atoms with van der Waals surface area (Å²) in [5, 5.41) is 2.16. The molecule has 5 heteroatoms. The predicted octanol–water partition coefficient (Wildman–Crippen LogP) is -0.286. The summed E-state index contributed by atoms with van der Waals surface area (Å²) in [6.07, 6.45) is 0.210. The Kier molecular flexibility index (Phi) is 3.18. The number of rotatable bonds is 2. The normalized spacial score (nSPS) is 15.6. The Labute approximate surface area is 98.4 Å². The van der Waals surface area contributed by atoms with Gasteiger partial charge in [0.05, 0.1) is 6.42 Å². The molecule has 1 aromatic carbocycles. The van der Waals surface area contributed by atoms with E-state index in [1.807, 2.05) is 30.3 Å². The lowest BCUT2D eigenvalue weighted by Crippen LogP contribution is -2.53. The van der Waals surface area contributed by atoms with Crippen LogP contribution in [0.25, 0.3) is 0 Å². The van der Waals surface area contributed by atoms with Crippen LogP contribution in [0.5, 0.6) is 0 Å². The van der Waals surface area contributed by atoms with E-state index in [1.54, 1.807) is 0 Å². The second kappa shape index (κ2) is 4.78. The van der Waals surface area contributed by atoms with Crippen molar-refractivity contribution in [2.24, 2.45) is 0 Å². The molecule has 0 bridgehead atoms. The van der Waals surface area contributed by atoms with Gasteiger partial charge in [0.15, 0.2) is 0 Å². The minimum atomic E-state index is -0.428. The van der Waals surface area contributed by atoms with E-state index < -0.39 is 11.8 Å². The molecule has 1 aliphatic rings. The molecule has 0 atom stereocenters. The molecule has 1 aromatic rings. The van der Waals surface area contributed by atoms with Crippen molar-refractivity contribution in [3.05, 3.63) is 35.9 Å². The number of nitrogens with one attached hydrogen (secondary N) is 1. The quantitative estimate of drug-likeness (QED) is 0.713. The lowest BCUT2D eigenvalue weighted by atomic mass is 10.1. The highest BCUT2D eigenvalue weighted by Gasteiger charge is 2.25. The molecule has 3 amide bonds. The molecule has 17 heavy (non-hydrogen) atoms. The van der Waals surface area contributed by atoms with Gasteiger partial charge in [-0.1, -0.05) is 30.3 Å². The van der Waals surface area contributed by atoms with E-state index in [0.29, 0.717) is 0 Å². The van der Waals surface area contributed by atoms with Crippen LogP contribution in [0.4, 0.5) is 0 Å². The number of hydrogen-bond acceptors (Lipinski definition) is 3. The zero-order valence-electron chi connectivity index (χ0n) is 9.18. The van der Waals surface area contributed by atoms with E-state index in [0.717, 1.165) is 5.56 Å². The highest BCUT2D eigenvalue weighted by atomic mass is 16.2. The van der Waals surface area contributed by atoms with Crippen LogP contribution >= 0.6 is 0 Å². The van der Waals surface area contributed by atoms with E-state index in [4.69, 9.17) is 0 Å². The van der Waals surface area contributed by atoms with Crippen molar-refractivity contribution in [2.45, 2.75) is 6.42 Å². The van der Waals surface area contributed by atoms with E-state index >= 15 is 0 Å². The maximum absolute atomic E-state index is 11.9. The average molecular weight is 232 g/mol. The molecule has 0 radical (unpaired) electrons. The van der Waals surface area contributed by atoms with Gasteiger partial charge in [-0.3, -0.25) is 19.7 Å². The Bertz CT molecular complexity index is 440. The second-order valence-electron chi connectivity index (χ2n) is 3.88. The first-order chi connectivity index (χ1) is 8.15. The molecular weight excluding hydrogens is 220 g/mol. The minimum absolute atomic E-state index is 0.0442. The fraction of sp³-hybridized carbons (Fsp3) is 0.250. The summed E-state index contributed by atoms with van der Waals surface area (Å²) < 4.78 is 0. The average Bonchev–Trinajstić information content (AvgIpc) is 2.29. The Morgan fingerprint density at radius 1 is 1.12 bits per heavy atom. The van der Waals surface area contributed by atoms with Crippen molar-refractivity contribution in [1.82, 2.24) is 10.2 Å². The van der Waals surface area contributed by atoms with Crippen molar-refractivity contribution < 1.29 is 14.4 Å². The molecule has 1 saturated heterocycles. The molecule has 0 spiro atoms. The van der Waals surface area contributed by atoms with Crippen molar-refractivity contribution in [3.8, 4) is 0 Å². The van der Waals surface area contributed by atoms with E-state index in [9.17, 15) is 14.4 Å². The van der Waals surface area contributed by atoms with Gasteiger partial charge in [0.2, 0.25) is 17.7 Å². The van der Waals surface area contributed by atoms with Crippen LogP contribution < -0.4 is 5.32 Å². The molecule has 5 nitrogen and oxygen atoms in total. The lowest BCUT2D eigenvalue weighted by Gasteiger charge is -2.25. The second-order valence-corrected chi connectivity index (χ2v) is 3.88. The number of piperazine rings is 1. The topological polar surface area (TPSA) is 66.5 Å². The van der Waals surface area contributed by atoms with Gasteiger partial charge in [-0.25, -0.2) is 0 Å². The van der Waals surface area contributed by atoms with Crippen molar-refractivity contribution in [3.63, 3.8) is 0 Å². The first-order valence-electron chi connectivity index (χ1n) is 5.29. The number of carbonyl (C=O) groups is 3. The van der Waals surface area contributed by atoms with Crippen LogP contribution in [-0.2, 0) is 20.8 Å². The van der Waals surface area contributed by atoms with Crippen LogP contribution in [0.1, 0.15) is 5.56 Å². The van der Waals surface area contributed by atoms with Crippen molar-refractivity contribution in [1.29, 1.82) is 0 Å².